The molecule has 0 spiro atoms. The van der Waals surface area contributed by atoms with Crippen molar-refractivity contribution >= 4 is 7.33 Å². The van der Waals surface area contributed by atoms with Gasteiger partial charge < -0.3 is 0 Å². The molecule has 0 heterocycles. The predicted octanol–water partition coefficient (Wildman–Crippen LogP) is 6.05. The summed E-state index contributed by atoms with van der Waals surface area (Å²) < 4.78 is 0. The number of hydrogen-bond acceptors (Lipinski definition) is 0. The van der Waals surface area contributed by atoms with Crippen molar-refractivity contribution in [2.75, 3.05) is 0 Å². The molecular weight excluding hydrogens is 239 g/mol. The van der Waals surface area contributed by atoms with E-state index in [2.05, 4.69) is 71.9 Å². The monoisotopic (exact) mass is 276 g/mol. The van der Waals surface area contributed by atoms with Crippen molar-refractivity contribution < 1.29 is 0 Å². The van der Waals surface area contributed by atoms with Gasteiger partial charge in [-0.05, 0) is 30.6 Å². The van der Waals surface area contributed by atoms with Gasteiger partial charge in [0.05, 0.1) is 0 Å². The Labute approximate surface area is 131 Å². The van der Waals surface area contributed by atoms with Gasteiger partial charge in [0.15, 0.2) is 0 Å². The molecule has 0 aromatic carbocycles. The molecule has 0 N–H and O–H groups in total. The summed E-state index contributed by atoms with van der Waals surface area (Å²) in [5, 5.41) is 0. The van der Waals surface area contributed by atoms with Crippen LogP contribution in [-0.2, 0) is 0 Å². The molecule has 1 heteroatoms. The summed E-state index contributed by atoms with van der Waals surface area (Å²) in [6, 6.07) is 0. The van der Waals surface area contributed by atoms with Gasteiger partial charge in [-0.1, -0.05) is 80.6 Å². The van der Waals surface area contributed by atoms with Gasteiger partial charge in [0.25, 0.3) is 0 Å². The summed E-state index contributed by atoms with van der Waals surface area (Å²) >= 11 is 0. The van der Waals surface area contributed by atoms with Crippen LogP contribution in [0.5, 0.6) is 0 Å². The SMILES string of the molecule is B#C.CC.CC.CC#CC#CCCC.CCC(C)(C)C. The van der Waals surface area contributed by atoms with E-state index in [0.29, 0.717) is 5.41 Å². The summed E-state index contributed by atoms with van der Waals surface area (Å²) in [7, 11) is 4.00. The Kier molecular flexibility index (Phi) is 56.7. The van der Waals surface area contributed by atoms with Crippen molar-refractivity contribution in [3.8, 4) is 30.0 Å². The summed E-state index contributed by atoms with van der Waals surface area (Å²) in [6.45, 7) is 20.8. The van der Waals surface area contributed by atoms with Gasteiger partial charge in [0.1, 0.15) is 0 Å². The van der Waals surface area contributed by atoms with Gasteiger partial charge in [-0.2, -0.15) is 0 Å². The zero-order valence-electron chi connectivity index (χ0n) is 15.8. The Morgan fingerprint density at radius 3 is 1.45 bits per heavy atom. The second-order valence-electron chi connectivity index (χ2n) is 4.34. The van der Waals surface area contributed by atoms with E-state index in [1.165, 1.54) is 6.42 Å². The number of unbranched alkanes of at least 4 members (excludes halogenated alkanes) is 1. The Morgan fingerprint density at radius 2 is 1.25 bits per heavy atom. The van der Waals surface area contributed by atoms with E-state index in [1.807, 2.05) is 27.7 Å². The Morgan fingerprint density at radius 1 is 0.900 bits per heavy atom. The van der Waals surface area contributed by atoms with E-state index >= 15 is 0 Å². The molecule has 0 aliphatic rings. The first-order valence-electron chi connectivity index (χ1n) is 7.70. The van der Waals surface area contributed by atoms with Crippen LogP contribution >= 0.6 is 0 Å². The molecule has 20 heavy (non-hydrogen) atoms. The van der Waals surface area contributed by atoms with Crippen LogP contribution in [0.1, 0.15) is 88.5 Å². The first-order chi connectivity index (χ1) is 9.47. The van der Waals surface area contributed by atoms with E-state index in [1.54, 1.807) is 6.92 Å². The van der Waals surface area contributed by atoms with Crippen LogP contribution in [0, 0.1) is 35.4 Å². The quantitative estimate of drug-likeness (QED) is 0.404. The number of rotatable bonds is 1. The van der Waals surface area contributed by atoms with Crippen molar-refractivity contribution in [1.82, 2.24) is 0 Å². The van der Waals surface area contributed by atoms with Crippen molar-refractivity contribution in [3.63, 3.8) is 0 Å². The van der Waals surface area contributed by atoms with Gasteiger partial charge in [0, 0.05) is 6.42 Å². The average Bonchev–Trinajstić information content (AvgIpc) is 2.50. The van der Waals surface area contributed by atoms with Crippen LogP contribution < -0.4 is 0 Å². The van der Waals surface area contributed by atoms with Crippen LogP contribution in [0.25, 0.3) is 0 Å². The second-order valence-corrected chi connectivity index (χ2v) is 4.34. The fourth-order valence-corrected chi connectivity index (χ4v) is 0.294. The van der Waals surface area contributed by atoms with Crippen molar-refractivity contribution in [2.45, 2.75) is 88.5 Å². The molecule has 0 aliphatic carbocycles. The van der Waals surface area contributed by atoms with E-state index in [9.17, 15) is 0 Å². The van der Waals surface area contributed by atoms with Gasteiger partial charge in [-0.3, -0.25) is 0 Å². The molecule has 0 bridgehead atoms. The molecule has 0 amide bonds. The topological polar surface area (TPSA) is 0 Å². The molecule has 0 nitrogen and oxygen atoms in total. The molecular formula is C19H37B. The predicted molar refractivity (Wildman–Crippen MR) is 99.3 cm³/mol. The molecule has 0 fully saturated rings. The molecule has 0 atom stereocenters. The molecule has 0 aliphatic heterocycles. The minimum atomic E-state index is 0.542. The smallest absolute Gasteiger partial charge is 0.00963 e. The maximum atomic E-state index is 4.00. The standard InChI is InChI=1S/C8H10.C6H14.2C2H6.CHB/c1-3-5-7-8-6-4-2;1-5-6(2,3)4;3*1-2/h3,5H2,1-2H3;5H2,1-4H3;2*1-2H3;1H. The zero-order chi connectivity index (χ0) is 17.4. The molecule has 0 aromatic heterocycles. The van der Waals surface area contributed by atoms with Crippen molar-refractivity contribution in [1.29, 1.82) is 0 Å². The zero-order valence-corrected chi connectivity index (χ0v) is 15.8. The van der Waals surface area contributed by atoms with E-state index in [-0.39, 0.29) is 0 Å². The molecule has 0 saturated carbocycles. The first kappa shape index (κ1) is 31.4. The van der Waals surface area contributed by atoms with Gasteiger partial charge in [-0.25, -0.2) is 0 Å². The van der Waals surface area contributed by atoms with Crippen LogP contribution in [0.4, 0.5) is 0 Å². The van der Waals surface area contributed by atoms with Crippen LogP contribution in [-0.4, -0.2) is 7.33 Å². The fourth-order valence-electron chi connectivity index (χ4n) is 0.294. The third-order valence-electron chi connectivity index (χ3n) is 1.71. The maximum Gasteiger partial charge on any atom is 0.00963 e. The largest absolute Gasteiger partial charge is 0.0925 e. The van der Waals surface area contributed by atoms with Crippen LogP contribution in [0.3, 0.4) is 0 Å². The number of hydrogen-bond donors (Lipinski definition) is 0. The summed E-state index contributed by atoms with van der Waals surface area (Å²) in [4.78, 5) is 0. The first-order valence-corrected chi connectivity index (χ1v) is 7.70. The second kappa shape index (κ2) is 36.1. The van der Waals surface area contributed by atoms with E-state index < -0.39 is 0 Å². The Bertz CT molecular complexity index is 257. The van der Waals surface area contributed by atoms with E-state index in [0.717, 1.165) is 12.8 Å². The van der Waals surface area contributed by atoms with Crippen LogP contribution in [0.15, 0.2) is 0 Å². The molecule has 0 unspecified atom stereocenters. The molecule has 0 radical (unpaired) electrons. The molecule has 0 rings (SSSR count). The minimum absolute atomic E-state index is 0.542. The fraction of sp³-hybridized carbons (Fsp3) is 0.737. The molecule has 116 valence electrons. The average molecular weight is 276 g/mol. The third-order valence-corrected chi connectivity index (χ3v) is 1.71. The Balaban J connectivity index is -0.0000000554. The molecule has 0 saturated heterocycles. The third kappa shape index (κ3) is 89.1. The maximum absolute atomic E-state index is 4.00. The van der Waals surface area contributed by atoms with Gasteiger partial charge in [0.2, 0.25) is 0 Å². The Hall–Kier alpha value is -1.04. The van der Waals surface area contributed by atoms with E-state index in [4.69, 9.17) is 0 Å². The van der Waals surface area contributed by atoms with Gasteiger partial charge in [-0.15, -0.1) is 0 Å². The minimum Gasteiger partial charge on any atom is -0.0925 e. The van der Waals surface area contributed by atoms with Crippen LogP contribution in [0.2, 0.25) is 0 Å². The summed E-state index contributed by atoms with van der Waals surface area (Å²) in [5.41, 5.74) is 0.542. The molecule has 0 aromatic rings. The van der Waals surface area contributed by atoms with Crippen molar-refractivity contribution in [3.05, 3.63) is 0 Å². The van der Waals surface area contributed by atoms with Gasteiger partial charge >= 0.3 is 13.6 Å². The summed E-state index contributed by atoms with van der Waals surface area (Å²) in [6.07, 6.45) is 7.36. The summed E-state index contributed by atoms with van der Waals surface area (Å²) in [5.74, 6) is 11.0. The normalized spacial score (nSPS) is 6.75. The van der Waals surface area contributed by atoms with Crippen molar-refractivity contribution in [2.24, 2.45) is 5.41 Å².